The van der Waals surface area contributed by atoms with Gasteiger partial charge in [-0.15, -0.1) is 0 Å². The molecule has 0 saturated heterocycles. The van der Waals surface area contributed by atoms with Gasteiger partial charge in [0.25, 0.3) is 17.6 Å². The van der Waals surface area contributed by atoms with Crippen LogP contribution in [0, 0.1) is 0 Å². The fourth-order valence-corrected chi connectivity index (χ4v) is 3.57. The highest BCUT2D eigenvalue weighted by atomic mass is 79.9. The summed E-state index contributed by atoms with van der Waals surface area (Å²) in [6.07, 6.45) is -0.183. The zero-order valence-electron chi connectivity index (χ0n) is 16.3. The van der Waals surface area contributed by atoms with Crippen LogP contribution in [0.5, 0.6) is 5.75 Å². The third-order valence-corrected chi connectivity index (χ3v) is 5.31. The smallest absolute Gasteiger partial charge is 0.293 e. The fraction of sp³-hybridized carbons (Fsp3) is 0.238. The Balaban J connectivity index is 1.50. The van der Waals surface area contributed by atoms with Crippen molar-refractivity contribution < 1.29 is 18.8 Å². The highest BCUT2D eigenvalue weighted by Crippen LogP contribution is 2.34. The van der Waals surface area contributed by atoms with Crippen LogP contribution in [0.2, 0.25) is 0 Å². The molecule has 8 nitrogen and oxygen atoms in total. The van der Waals surface area contributed by atoms with Crippen molar-refractivity contribution in [1.82, 2.24) is 15.5 Å². The van der Waals surface area contributed by atoms with Gasteiger partial charge in [0.2, 0.25) is 5.89 Å². The Labute approximate surface area is 181 Å². The summed E-state index contributed by atoms with van der Waals surface area (Å²) in [6.45, 7) is 1.73. The second kappa shape index (κ2) is 8.27. The third kappa shape index (κ3) is 4.06. The number of fused-ring (bicyclic) bond motifs is 1. The molecule has 0 radical (unpaired) electrons. The molecule has 30 heavy (non-hydrogen) atoms. The topological polar surface area (TPSA) is 97.6 Å². The van der Waals surface area contributed by atoms with Gasteiger partial charge in [0, 0.05) is 11.5 Å². The Hall–Kier alpha value is -3.20. The van der Waals surface area contributed by atoms with Crippen LogP contribution in [0.4, 0.5) is 5.69 Å². The number of ether oxygens (including phenoxy) is 1. The molecular formula is C21H19BrN4O4. The second-order valence-electron chi connectivity index (χ2n) is 6.96. The molecule has 1 N–H and O–H groups in total. The van der Waals surface area contributed by atoms with E-state index >= 15 is 0 Å². The molecule has 1 aliphatic heterocycles. The summed E-state index contributed by atoms with van der Waals surface area (Å²) >= 11 is 3.40. The number of nitrogens with zero attached hydrogens (tertiary/aromatic N) is 3. The van der Waals surface area contributed by atoms with Crippen molar-refractivity contribution in [2.45, 2.75) is 25.5 Å². The molecule has 2 heterocycles. The van der Waals surface area contributed by atoms with E-state index in [-0.39, 0.29) is 11.7 Å². The first-order chi connectivity index (χ1) is 14.4. The summed E-state index contributed by atoms with van der Waals surface area (Å²) < 4.78 is 11.9. The molecule has 0 unspecified atom stereocenters. The average Bonchev–Trinajstić information content (AvgIpc) is 3.18. The fourth-order valence-electron chi connectivity index (χ4n) is 3.22. The van der Waals surface area contributed by atoms with E-state index in [0.29, 0.717) is 23.7 Å². The maximum atomic E-state index is 13.0. The van der Waals surface area contributed by atoms with Crippen LogP contribution >= 0.6 is 15.9 Å². The predicted molar refractivity (Wildman–Crippen MR) is 112 cm³/mol. The number of benzene rings is 2. The van der Waals surface area contributed by atoms with Crippen molar-refractivity contribution in [2.75, 3.05) is 11.9 Å². The quantitative estimate of drug-likeness (QED) is 0.629. The number of halogens is 1. The normalized spacial score (nSPS) is 18.4. The number of anilines is 1. The average molecular weight is 471 g/mol. The molecule has 2 atom stereocenters. The number of carbonyl (C=O) groups is 2. The monoisotopic (exact) mass is 470 g/mol. The summed E-state index contributed by atoms with van der Waals surface area (Å²) in [5, 5.41) is 6.43. The van der Waals surface area contributed by atoms with E-state index < -0.39 is 18.1 Å². The minimum absolute atomic E-state index is 0.131. The zero-order chi connectivity index (χ0) is 21.3. The first-order valence-electron chi connectivity index (χ1n) is 9.33. The molecule has 4 rings (SSSR count). The van der Waals surface area contributed by atoms with E-state index in [0.717, 1.165) is 10.0 Å². The van der Waals surface area contributed by atoms with Crippen LogP contribution in [0.1, 0.15) is 29.0 Å². The lowest BCUT2D eigenvalue weighted by molar-refractivity contribution is -0.121. The molecule has 3 aromatic rings. The van der Waals surface area contributed by atoms with Gasteiger partial charge in [-0.25, -0.2) is 0 Å². The summed E-state index contributed by atoms with van der Waals surface area (Å²) in [6, 6.07) is 14.1. The lowest BCUT2D eigenvalue weighted by Crippen LogP contribution is -2.53. The van der Waals surface area contributed by atoms with Gasteiger partial charge >= 0.3 is 0 Å². The SMILES string of the molecule is C[C@H]1Oc2ccc(Br)cc2N(C)C(=O)[C@H]1NC(=O)c1noc(Cc2ccccc2)n1. The second-order valence-corrected chi connectivity index (χ2v) is 7.87. The van der Waals surface area contributed by atoms with Crippen molar-refractivity contribution in [3.05, 3.63) is 70.3 Å². The highest BCUT2D eigenvalue weighted by molar-refractivity contribution is 9.10. The van der Waals surface area contributed by atoms with Gasteiger partial charge in [0.15, 0.2) is 0 Å². The number of rotatable bonds is 4. The lowest BCUT2D eigenvalue weighted by Gasteiger charge is -2.23. The molecular weight excluding hydrogens is 452 g/mol. The van der Waals surface area contributed by atoms with Crippen LogP contribution < -0.4 is 15.0 Å². The maximum absolute atomic E-state index is 13.0. The van der Waals surface area contributed by atoms with Crippen molar-refractivity contribution in [3.8, 4) is 5.75 Å². The Morgan fingerprint density at radius 1 is 1.23 bits per heavy atom. The van der Waals surface area contributed by atoms with Crippen molar-refractivity contribution in [2.24, 2.45) is 0 Å². The minimum Gasteiger partial charge on any atom is -0.486 e. The van der Waals surface area contributed by atoms with Crippen molar-refractivity contribution >= 4 is 33.4 Å². The van der Waals surface area contributed by atoms with E-state index in [1.165, 1.54) is 4.90 Å². The molecule has 1 aromatic heterocycles. The van der Waals surface area contributed by atoms with Gasteiger partial charge < -0.3 is 19.5 Å². The van der Waals surface area contributed by atoms with Gasteiger partial charge in [-0.05, 0) is 30.7 Å². The minimum atomic E-state index is -0.912. The number of hydrogen-bond acceptors (Lipinski definition) is 6. The predicted octanol–water partition coefficient (Wildman–Crippen LogP) is 2.97. The molecule has 0 spiro atoms. The number of carbonyl (C=O) groups excluding carboxylic acids is 2. The number of hydrogen-bond donors (Lipinski definition) is 1. The number of aromatic nitrogens is 2. The maximum Gasteiger partial charge on any atom is 0.293 e. The van der Waals surface area contributed by atoms with E-state index in [9.17, 15) is 9.59 Å². The largest absolute Gasteiger partial charge is 0.486 e. The first kappa shape index (κ1) is 20.1. The lowest BCUT2D eigenvalue weighted by atomic mass is 10.1. The van der Waals surface area contributed by atoms with Gasteiger partial charge in [-0.2, -0.15) is 4.98 Å². The van der Waals surface area contributed by atoms with Crippen LogP contribution in [-0.2, 0) is 11.2 Å². The molecule has 2 amide bonds. The Kier molecular flexibility index (Phi) is 5.54. The molecule has 0 aliphatic carbocycles. The molecule has 9 heteroatoms. The summed E-state index contributed by atoms with van der Waals surface area (Å²) in [4.78, 5) is 31.3. The molecule has 0 fully saturated rings. The van der Waals surface area contributed by atoms with E-state index in [2.05, 4.69) is 31.4 Å². The van der Waals surface area contributed by atoms with Gasteiger partial charge in [-0.1, -0.05) is 51.4 Å². The number of amides is 2. The first-order valence-corrected chi connectivity index (χ1v) is 10.1. The van der Waals surface area contributed by atoms with E-state index in [1.54, 1.807) is 26.1 Å². The molecule has 2 aromatic carbocycles. The summed E-state index contributed by atoms with van der Waals surface area (Å²) in [5.41, 5.74) is 1.60. The Morgan fingerprint density at radius 3 is 2.77 bits per heavy atom. The standard InChI is InChI=1S/C21H19BrN4O4/c1-12-18(21(28)26(2)15-11-14(22)8-9-16(15)29-12)24-20(27)19-23-17(30-25-19)10-13-6-4-3-5-7-13/h3-9,11-12,18H,10H2,1-2H3,(H,24,27)/t12-,18+/m1/s1. The van der Waals surface area contributed by atoms with Crippen LogP contribution in [-0.4, -0.2) is 41.1 Å². The van der Waals surface area contributed by atoms with Crippen molar-refractivity contribution in [1.29, 1.82) is 0 Å². The number of likely N-dealkylation sites (N-methyl/N-ethyl adjacent to an activating group) is 1. The van der Waals surface area contributed by atoms with Gasteiger partial charge in [0.1, 0.15) is 17.9 Å². The molecule has 1 aliphatic rings. The molecule has 0 saturated carbocycles. The Morgan fingerprint density at radius 2 is 2.00 bits per heavy atom. The van der Waals surface area contributed by atoms with Crippen LogP contribution in [0.3, 0.4) is 0 Å². The van der Waals surface area contributed by atoms with E-state index in [1.807, 2.05) is 36.4 Å². The highest BCUT2D eigenvalue weighted by Gasteiger charge is 2.36. The van der Waals surface area contributed by atoms with Gasteiger partial charge in [0.05, 0.1) is 12.1 Å². The summed E-state index contributed by atoms with van der Waals surface area (Å²) in [7, 11) is 1.64. The van der Waals surface area contributed by atoms with Crippen LogP contribution in [0.15, 0.2) is 57.5 Å². The van der Waals surface area contributed by atoms with Crippen LogP contribution in [0.25, 0.3) is 0 Å². The molecule has 154 valence electrons. The number of nitrogens with one attached hydrogen (secondary N) is 1. The third-order valence-electron chi connectivity index (χ3n) is 4.82. The molecule has 0 bridgehead atoms. The van der Waals surface area contributed by atoms with E-state index in [4.69, 9.17) is 9.26 Å². The van der Waals surface area contributed by atoms with Gasteiger partial charge in [-0.3, -0.25) is 9.59 Å². The van der Waals surface area contributed by atoms with Crippen molar-refractivity contribution in [3.63, 3.8) is 0 Å². The Bertz CT molecular complexity index is 1090. The zero-order valence-corrected chi connectivity index (χ0v) is 17.9. The summed E-state index contributed by atoms with van der Waals surface area (Å²) in [5.74, 6) is -0.165.